The average molecular weight is 470 g/mol. The number of anilines is 1. The van der Waals surface area contributed by atoms with Gasteiger partial charge >= 0.3 is 0 Å². The topological polar surface area (TPSA) is 88.9 Å². The van der Waals surface area contributed by atoms with E-state index in [1.807, 2.05) is 36.6 Å². The smallest absolute Gasteiger partial charge is 0.253 e. The zero-order chi connectivity index (χ0) is 23.1. The first kappa shape index (κ1) is 23.6. The molecule has 32 heavy (non-hydrogen) atoms. The molecule has 0 unspecified atom stereocenters. The van der Waals surface area contributed by atoms with Crippen molar-refractivity contribution < 1.29 is 9.59 Å². The maximum Gasteiger partial charge on any atom is 0.253 e. The van der Waals surface area contributed by atoms with Gasteiger partial charge in [0, 0.05) is 12.2 Å². The first-order valence-electron chi connectivity index (χ1n) is 9.95. The molecule has 0 atom stereocenters. The Bertz CT molecular complexity index is 1150. The van der Waals surface area contributed by atoms with Gasteiger partial charge in [-0.1, -0.05) is 53.7 Å². The SMILES string of the molecule is C=CCn1c(CNC(=O)c2ccccc2Cl)nnc1SCC(=O)Nc1cccc(C)c1C. The average Bonchev–Trinajstić information content (AvgIpc) is 3.16. The molecule has 2 aromatic carbocycles. The zero-order valence-corrected chi connectivity index (χ0v) is 19.5. The molecule has 0 bridgehead atoms. The van der Waals surface area contributed by atoms with Crippen molar-refractivity contribution in [3.8, 4) is 0 Å². The number of amides is 2. The van der Waals surface area contributed by atoms with Crippen LogP contribution in [0.4, 0.5) is 5.69 Å². The van der Waals surface area contributed by atoms with Gasteiger partial charge in [-0.2, -0.15) is 0 Å². The van der Waals surface area contributed by atoms with Crippen LogP contribution in [0.5, 0.6) is 0 Å². The molecule has 0 spiro atoms. The minimum absolute atomic E-state index is 0.134. The van der Waals surface area contributed by atoms with Gasteiger partial charge in [-0.25, -0.2) is 0 Å². The van der Waals surface area contributed by atoms with Gasteiger partial charge in [0.05, 0.1) is 22.9 Å². The quantitative estimate of drug-likeness (QED) is 0.358. The van der Waals surface area contributed by atoms with Gasteiger partial charge in [-0.05, 0) is 43.2 Å². The molecule has 7 nitrogen and oxygen atoms in total. The molecule has 0 saturated heterocycles. The predicted octanol–water partition coefficient (Wildman–Crippen LogP) is 4.40. The molecule has 1 aromatic heterocycles. The summed E-state index contributed by atoms with van der Waals surface area (Å²) in [6, 6.07) is 12.6. The molecule has 2 amide bonds. The van der Waals surface area contributed by atoms with E-state index in [1.54, 1.807) is 30.3 Å². The van der Waals surface area contributed by atoms with E-state index in [-0.39, 0.29) is 24.1 Å². The molecule has 9 heteroatoms. The van der Waals surface area contributed by atoms with Crippen molar-refractivity contribution >= 4 is 40.9 Å². The Morgan fingerprint density at radius 1 is 1.16 bits per heavy atom. The van der Waals surface area contributed by atoms with Crippen LogP contribution in [-0.4, -0.2) is 32.3 Å². The van der Waals surface area contributed by atoms with E-state index in [1.165, 1.54) is 11.8 Å². The first-order chi connectivity index (χ1) is 15.4. The maximum absolute atomic E-state index is 12.5. The normalized spacial score (nSPS) is 10.6. The second-order valence-electron chi connectivity index (χ2n) is 7.04. The molecule has 0 fully saturated rings. The fourth-order valence-corrected chi connectivity index (χ4v) is 3.96. The van der Waals surface area contributed by atoms with E-state index in [0.717, 1.165) is 16.8 Å². The van der Waals surface area contributed by atoms with Crippen LogP contribution in [0.2, 0.25) is 5.02 Å². The highest BCUT2D eigenvalue weighted by Gasteiger charge is 2.16. The number of allylic oxidation sites excluding steroid dienone is 1. The summed E-state index contributed by atoms with van der Waals surface area (Å²) in [4.78, 5) is 24.9. The summed E-state index contributed by atoms with van der Waals surface area (Å²) in [7, 11) is 0. The third-order valence-electron chi connectivity index (χ3n) is 4.84. The number of rotatable bonds is 9. The van der Waals surface area contributed by atoms with Crippen LogP contribution in [0.3, 0.4) is 0 Å². The number of benzene rings is 2. The van der Waals surface area contributed by atoms with Gasteiger partial charge in [-0.15, -0.1) is 16.8 Å². The molecule has 2 N–H and O–H groups in total. The van der Waals surface area contributed by atoms with Crippen molar-refractivity contribution in [3.63, 3.8) is 0 Å². The van der Waals surface area contributed by atoms with Gasteiger partial charge in [0.2, 0.25) is 5.91 Å². The lowest BCUT2D eigenvalue weighted by Gasteiger charge is -2.11. The van der Waals surface area contributed by atoms with Gasteiger partial charge < -0.3 is 15.2 Å². The molecule has 0 aliphatic rings. The molecule has 1 heterocycles. The van der Waals surface area contributed by atoms with Crippen LogP contribution < -0.4 is 10.6 Å². The summed E-state index contributed by atoms with van der Waals surface area (Å²) in [5.41, 5.74) is 3.34. The predicted molar refractivity (Wildman–Crippen MR) is 128 cm³/mol. The Morgan fingerprint density at radius 3 is 2.69 bits per heavy atom. The Hall–Kier alpha value is -3.10. The Morgan fingerprint density at radius 2 is 1.94 bits per heavy atom. The molecular formula is C23H24ClN5O2S. The maximum atomic E-state index is 12.5. The highest BCUT2D eigenvalue weighted by atomic mass is 35.5. The van der Waals surface area contributed by atoms with Crippen LogP contribution in [0, 0.1) is 13.8 Å². The van der Waals surface area contributed by atoms with Gasteiger partial charge in [-0.3, -0.25) is 9.59 Å². The molecule has 3 aromatic rings. The summed E-state index contributed by atoms with van der Waals surface area (Å²) < 4.78 is 1.82. The van der Waals surface area contributed by atoms with Crippen molar-refractivity contribution in [2.75, 3.05) is 11.1 Å². The molecule has 0 saturated carbocycles. The number of hydrogen-bond donors (Lipinski definition) is 2. The minimum Gasteiger partial charge on any atom is -0.345 e. The number of thioether (sulfide) groups is 1. The van der Waals surface area contributed by atoms with Crippen molar-refractivity contribution in [1.82, 2.24) is 20.1 Å². The Balaban J connectivity index is 1.63. The Labute approximate surface area is 196 Å². The summed E-state index contributed by atoms with van der Waals surface area (Å²) >= 11 is 7.36. The van der Waals surface area contributed by atoms with Gasteiger partial charge in [0.15, 0.2) is 11.0 Å². The second-order valence-corrected chi connectivity index (χ2v) is 8.39. The van der Waals surface area contributed by atoms with Crippen molar-refractivity contribution in [3.05, 3.63) is 82.7 Å². The van der Waals surface area contributed by atoms with Gasteiger partial charge in [0.25, 0.3) is 5.91 Å². The van der Waals surface area contributed by atoms with E-state index < -0.39 is 0 Å². The molecule has 0 aliphatic heterocycles. The number of halogens is 1. The largest absolute Gasteiger partial charge is 0.345 e. The molecular weight excluding hydrogens is 446 g/mol. The summed E-state index contributed by atoms with van der Waals surface area (Å²) in [6.07, 6.45) is 1.71. The third kappa shape index (κ3) is 5.77. The second kappa shape index (κ2) is 11.0. The monoisotopic (exact) mass is 469 g/mol. The van der Waals surface area contributed by atoms with Gasteiger partial charge in [0.1, 0.15) is 0 Å². The fourth-order valence-electron chi connectivity index (χ4n) is 2.97. The highest BCUT2D eigenvalue weighted by molar-refractivity contribution is 7.99. The lowest BCUT2D eigenvalue weighted by Crippen LogP contribution is -2.25. The number of carbonyl (C=O) groups excluding carboxylic acids is 2. The van der Waals surface area contributed by atoms with E-state index >= 15 is 0 Å². The molecule has 166 valence electrons. The zero-order valence-electron chi connectivity index (χ0n) is 17.9. The lowest BCUT2D eigenvalue weighted by atomic mass is 10.1. The third-order valence-corrected chi connectivity index (χ3v) is 6.14. The van der Waals surface area contributed by atoms with Crippen LogP contribution in [0.1, 0.15) is 27.3 Å². The fraction of sp³-hybridized carbons (Fsp3) is 0.217. The summed E-state index contributed by atoms with van der Waals surface area (Å²) in [6.45, 7) is 8.37. The van der Waals surface area contributed by atoms with Crippen LogP contribution in [-0.2, 0) is 17.9 Å². The number of nitrogens with one attached hydrogen (secondary N) is 2. The van der Waals surface area contributed by atoms with Crippen molar-refractivity contribution in [2.45, 2.75) is 32.1 Å². The minimum atomic E-state index is -0.300. The van der Waals surface area contributed by atoms with Crippen LogP contribution >= 0.6 is 23.4 Å². The summed E-state index contributed by atoms with van der Waals surface area (Å²) in [5, 5.41) is 15.1. The standard InChI is InChI=1S/C23H24ClN5O2S/c1-4-12-29-20(13-25-22(31)17-9-5-6-10-18(17)24)27-28-23(29)32-14-21(30)26-19-11-7-8-15(2)16(19)3/h4-11H,1,12-14H2,2-3H3,(H,25,31)(H,26,30). The first-order valence-corrected chi connectivity index (χ1v) is 11.3. The number of aromatic nitrogens is 3. The van der Waals surface area contributed by atoms with Crippen LogP contribution in [0.15, 0.2) is 60.3 Å². The molecule has 0 aliphatic carbocycles. The number of carbonyl (C=O) groups is 2. The van der Waals surface area contributed by atoms with Crippen LogP contribution in [0.25, 0.3) is 0 Å². The number of nitrogens with zero attached hydrogens (tertiary/aromatic N) is 3. The van der Waals surface area contributed by atoms with Crippen molar-refractivity contribution in [1.29, 1.82) is 0 Å². The number of aryl methyl sites for hydroxylation is 1. The number of hydrogen-bond acceptors (Lipinski definition) is 5. The Kier molecular flexibility index (Phi) is 8.08. The van der Waals surface area contributed by atoms with E-state index in [2.05, 4.69) is 27.4 Å². The lowest BCUT2D eigenvalue weighted by molar-refractivity contribution is -0.113. The van der Waals surface area contributed by atoms with E-state index in [0.29, 0.717) is 28.1 Å². The van der Waals surface area contributed by atoms with E-state index in [9.17, 15) is 9.59 Å². The molecule has 3 rings (SSSR count). The van der Waals surface area contributed by atoms with E-state index in [4.69, 9.17) is 11.6 Å². The van der Waals surface area contributed by atoms with Crippen molar-refractivity contribution in [2.24, 2.45) is 0 Å². The summed E-state index contributed by atoms with van der Waals surface area (Å²) in [5.74, 6) is 0.299. The highest BCUT2D eigenvalue weighted by Crippen LogP contribution is 2.21. The molecule has 0 radical (unpaired) electrons.